The molecule has 3 rings (SSSR count). The van der Waals surface area contributed by atoms with E-state index in [0.717, 1.165) is 16.8 Å². The number of amides is 2. The Morgan fingerprint density at radius 3 is 2.60 bits per heavy atom. The van der Waals surface area contributed by atoms with Gasteiger partial charge in [0, 0.05) is 42.3 Å². The predicted octanol–water partition coefficient (Wildman–Crippen LogP) is 3.25. The molecule has 1 atom stereocenters. The first-order valence-corrected chi connectivity index (χ1v) is 11.4. The van der Waals surface area contributed by atoms with Crippen LogP contribution in [0.2, 0.25) is 5.02 Å². The fourth-order valence-corrected chi connectivity index (χ4v) is 4.79. The highest BCUT2D eigenvalue weighted by molar-refractivity contribution is 7.89. The highest BCUT2D eigenvalue weighted by Gasteiger charge is 2.30. The number of carbonyl (C=O) groups is 2. The summed E-state index contributed by atoms with van der Waals surface area (Å²) in [6, 6.07) is 9.89. The van der Waals surface area contributed by atoms with Gasteiger partial charge in [-0.3, -0.25) is 9.59 Å². The van der Waals surface area contributed by atoms with Crippen LogP contribution in [0.1, 0.15) is 31.4 Å². The fraction of sp³-hybridized carbons (Fsp3) is 0.333. The SMILES string of the molecule is CC(=O)N1c2ccc(S(=O)(=O)NCCC(=O)Nc3ccc(C)c(Cl)c3)cc2C[C@H]1C. The third-order valence-corrected chi connectivity index (χ3v) is 6.88. The van der Waals surface area contributed by atoms with Crippen LogP contribution in [0.15, 0.2) is 41.3 Å². The van der Waals surface area contributed by atoms with Gasteiger partial charge in [0.25, 0.3) is 0 Å². The number of rotatable bonds is 6. The molecule has 2 amide bonds. The van der Waals surface area contributed by atoms with E-state index < -0.39 is 10.0 Å². The summed E-state index contributed by atoms with van der Waals surface area (Å²) < 4.78 is 27.7. The topological polar surface area (TPSA) is 95.6 Å². The second-order valence-corrected chi connectivity index (χ2v) is 9.57. The van der Waals surface area contributed by atoms with Crippen LogP contribution in [-0.4, -0.2) is 32.8 Å². The first-order valence-electron chi connectivity index (χ1n) is 9.57. The zero-order valence-corrected chi connectivity index (χ0v) is 18.6. The number of sulfonamides is 1. The van der Waals surface area contributed by atoms with E-state index in [1.807, 2.05) is 13.8 Å². The zero-order chi connectivity index (χ0) is 22.1. The van der Waals surface area contributed by atoms with Gasteiger partial charge in [0.2, 0.25) is 21.8 Å². The van der Waals surface area contributed by atoms with Gasteiger partial charge in [-0.1, -0.05) is 17.7 Å². The van der Waals surface area contributed by atoms with Gasteiger partial charge in [0.05, 0.1) is 4.90 Å². The molecule has 2 aromatic rings. The molecule has 1 heterocycles. The quantitative estimate of drug-likeness (QED) is 0.707. The summed E-state index contributed by atoms with van der Waals surface area (Å²) in [6.07, 6.45) is 0.574. The average molecular weight is 450 g/mol. The molecule has 0 spiro atoms. The molecule has 0 saturated heterocycles. The lowest BCUT2D eigenvalue weighted by Crippen LogP contribution is -2.33. The van der Waals surface area contributed by atoms with Gasteiger partial charge in [-0.05, 0) is 61.7 Å². The normalized spacial score (nSPS) is 15.7. The van der Waals surface area contributed by atoms with E-state index in [0.29, 0.717) is 17.1 Å². The minimum absolute atomic E-state index is 0.0117. The number of aryl methyl sites for hydroxylation is 1. The van der Waals surface area contributed by atoms with Crippen molar-refractivity contribution in [1.29, 1.82) is 0 Å². The van der Waals surface area contributed by atoms with Crippen molar-refractivity contribution in [2.24, 2.45) is 0 Å². The Kier molecular flexibility index (Phi) is 6.50. The molecule has 2 aromatic carbocycles. The fourth-order valence-electron chi connectivity index (χ4n) is 3.53. The number of hydrogen-bond donors (Lipinski definition) is 2. The van der Waals surface area contributed by atoms with Crippen LogP contribution in [0, 0.1) is 6.92 Å². The summed E-state index contributed by atoms with van der Waals surface area (Å²) >= 11 is 6.04. The summed E-state index contributed by atoms with van der Waals surface area (Å²) in [6.45, 7) is 5.24. The highest BCUT2D eigenvalue weighted by atomic mass is 35.5. The number of hydrogen-bond acceptors (Lipinski definition) is 4. The number of halogens is 1. The van der Waals surface area contributed by atoms with Crippen LogP contribution >= 0.6 is 11.6 Å². The minimum atomic E-state index is -3.77. The van der Waals surface area contributed by atoms with Crippen molar-refractivity contribution in [3.05, 3.63) is 52.5 Å². The van der Waals surface area contributed by atoms with Gasteiger partial charge in [-0.2, -0.15) is 0 Å². The summed E-state index contributed by atoms with van der Waals surface area (Å²) in [5, 5.41) is 3.24. The monoisotopic (exact) mass is 449 g/mol. The largest absolute Gasteiger partial charge is 0.326 e. The van der Waals surface area contributed by atoms with Crippen molar-refractivity contribution in [2.75, 3.05) is 16.8 Å². The maximum absolute atomic E-state index is 12.6. The van der Waals surface area contributed by atoms with Crippen molar-refractivity contribution in [2.45, 2.75) is 44.6 Å². The van der Waals surface area contributed by atoms with Crippen molar-refractivity contribution < 1.29 is 18.0 Å². The molecule has 0 bridgehead atoms. The Morgan fingerprint density at radius 1 is 1.20 bits per heavy atom. The van der Waals surface area contributed by atoms with E-state index in [2.05, 4.69) is 10.0 Å². The number of fused-ring (bicyclic) bond motifs is 1. The summed E-state index contributed by atoms with van der Waals surface area (Å²) in [4.78, 5) is 25.7. The first kappa shape index (κ1) is 22.3. The molecule has 0 aliphatic carbocycles. The maximum Gasteiger partial charge on any atom is 0.240 e. The van der Waals surface area contributed by atoms with Crippen LogP contribution in [0.4, 0.5) is 11.4 Å². The third kappa shape index (κ3) is 4.83. The molecular weight excluding hydrogens is 426 g/mol. The Balaban J connectivity index is 1.60. The molecule has 0 aromatic heterocycles. The second-order valence-electron chi connectivity index (χ2n) is 7.39. The molecule has 0 fully saturated rings. The van der Waals surface area contributed by atoms with Crippen LogP contribution in [-0.2, 0) is 26.0 Å². The Morgan fingerprint density at radius 2 is 1.93 bits per heavy atom. The molecule has 9 heteroatoms. The van der Waals surface area contributed by atoms with E-state index in [-0.39, 0.29) is 35.7 Å². The lowest BCUT2D eigenvalue weighted by Gasteiger charge is -2.20. The predicted molar refractivity (Wildman–Crippen MR) is 117 cm³/mol. The average Bonchev–Trinajstić information content (AvgIpc) is 2.99. The van der Waals surface area contributed by atoms with E-state index in [1.54, 1.807) is 35.2 Å². The van der Waals surface area contributed by atoms with Gasteiger partial charge in [0.15, 0.2) is 0 Å². The van der Waals surface area contributed by atoms with E-state index in [1.165, 1.54) is 13.0 Å². The van der Waals surface area contributed by atoms with Crippen LogP contribution in [0.25, 0.3) is 0 Å². The van der Waals surface area contributed by atoms with Gasteiger partial charge in [-0.25, -0.2) is 13.1 Å². The Labute approximate surface area is 181 Å². The highest BCUT2D eigenvalue weighted by Crippen LogP contribution is 2.33. The van der Waals surface area contributed by atoms with Crippen LogP contribution in [0.5, 0.6) is 0 Å². The maximum atomic E-state index is 12.6. The van der Waals surface area contributed by atoms with E-state index >= 15 is 0 Å². The van der Waals surface area contributed by atoms with Gasteiger partial charge >= 0.3 is 0 Å². The lowest BCUT2D eigenvalue weighted by atomic mass is 10.1. The summed E-state index contributed by atoms with van der Waals surface area (Å²) in [7, 11) is -3.77. The molecule has 1 aliphatic rings. The number of benzene rings is 2. The van der Waals surface area contributed by atoms with Gasteiger partial charge < -0.3 is 10.2 Å². The molecule has 0 unspecified atom stereocenters. The number of nitrogens with one attached hydrogen (secondary N) is 2. The Hall–Kier alpha value is -2.42. The lowest BCUT2D eigenvalue weighted by molar-refractivity contribution is -0.117. The minimum Gasteiger partial charge on any atom is -0.326 e. The molecular formula is C21H24ClN3O4S. The third-order valence-electron chi connectivity index (χ3n) is 5.02. The number of nitrogens with zero attached hydrogens (tertiary/aromatic N) is 1. The van der Waals surface area contributed by atoms with Crippen LogP contribution in [0.3, 0.4) is 0 Å². The van der Waals surface area contributed by atoms with E-state index in [9.17, 15) is 18.0 Å². The molecule has 0 radical (unpaired) electrons. The standard InChI is InChI=1S/C21H24ClN3O4S/c1-13-4-5-17(12-19(13)22)24-21(27)8-9-23-30(28,29)18-6-7-20-16(11-18)10-14(2)25(20)15(3)26/h4-7,11-12,14,23H,8-10H2,1-3H3,(H,24,27)/t14-/m1/s1. The molecule has 0 saturated carbocycles. The molecule has 30 heavy (non-hydrogen) atoms. The molecule has 1 aliphatic heterocycles. The first-order chi connectivity index (χ1) is 14.1. The number of carbonyl (C=O) groups excluding carboxylic acids is 2. The van der Waals surface area contributed by atoms with Gasteiger partial charge in [0.1, 0.15) is 0 Å². The molecule has 160 valence electrons. The van der Waals surface area contributed by atoms with Crippen molar-refractivity contribution >= 4 is 44.8 Å². The second kappa shape index (κ2) is 8.75. The number of anilines is 2. The zero-order valence-electron chi connectivity index (χ0n) is 17.0. The van der Waals surface area contributed by atoms with Crippen molar-refractivity contribution in [3.8, 4) is 0 Å². The summed E-state index contributed by atoms with van der Waals surface area (Å²) in [5.74, 6) is -0.395. The smallest absolute Gasteiger partial charge is 0.240 e. The molecule has 7 nitrogen and oxygen atoms in total. The summed E-state index contributed by atoms with van der Waals surface area (Å²) in [5.41, 5.74) is 3.01. The van der Waals surface area contributed by atoms with Gasteiger partial charge in [-0.15, -0.1) is 0 Å². The molecule has 2 N–H and O–H groups in total. The van der Waals surface area contributed by atoms with Crippen molar-refractivity contribution in [3.63, 3.8) is 0 Å². The van der Waals surface area contributed by atoms with Crippen molar-refractivity contribution in [1.82, 2.24) is 4.72 Å². The van der Waals surface area contributed by atoms with E-state index in [4.69, 9.17) is 11.6 Å². The van der Waals surface area contributed by atoms with Crippen LogP contribution < -0.4 is 14.9 Å². The Bertz CT molecular complexity index is 1100.